The summed E-state index contributed by atoms with van der Waals surface area (Å²) >= 11 is 6.35. The van der Waals surface area contributed by atoms with Crippen molar-refractivity contribution in [2.45, 2.75) is 18.4 Å². The molecule has 1 aliphatic carbocycles. The van der Waals surface area contributed by atoms with Crippen molar-refractivity contribution in [3.63, 3.8) is 0 Å². The number of aliphatic imine (C=N–C) groups is 1. The average molecular weight is 339 g/mol. The number of hydrogen-bond acceptors (Lipinski definition) is 4. The van der Waals surface area contributed by atoms with Gasteiger partial charge in [-0.2, -0.15) is 5.26 Å². The molecule has 0 saturated carbocycles. The van der Waals surface area contributed by atoms with E-state index in [4.69, 9.17) is 16.6 Å². The number of rotatable bonds is 1. The van der Waals surface area contributed by atoms with Crippen molar-refractivity contribution in [3.05, 3.63) is 76.0 Å². The van der Waals surface area contributed by atoms with E-state index in [9.17, 15) is 9.65 Å². The van der Waals surface area contributed by atoms with Gasteiger partial charge in [-0.25, -0.2) is 9.38 Å². The van der Waals surface area contributed by atoms with Gasteiger partial charge in [0.15, 0.2) is 5.84 Å². The van der Waals surface area contributed by atoms with Crippen LogP contribution in [0.25, 0.3) is 0 Å². The lowest BCUT2D eigenvalue weighted by Crippen LogP contribution is -2.37. The minimum Gasteiger partial charge on any atom is -0.328 e. The van der Waals surface area contributed by atoms with E-state index in [1.807, 2.05) is 18.2 Å². The molecule has 0 radical (unpaired) electrons. The van der Waals surface area contributed by atoms with Crippen LogP contribution in [-0.4, -0.2) is 10.8 Å². The minimum absolute atomic E-state index is 0.213. The van der Waals surface area contributed by atoms with Gasteiger partial charge >= 0.3 is 0 Å². The predicted molar refractivity (Wildman–Crippen MR) is 88.8 cm³/mol. The van der Waals surface area contributed by atoms with Gasteiger partial charge in [-0.1, -0.05) is 29.8 Å². The molecule has 0 bridgehead atoms. The molecule has 0 fully saturated rings. The molecule has 2 aliphatic rings. The third-order valence-corrected chi connectivity index (χ3v) is 4.77. The maximum absolute atomic E-state index is 14.2. The fourth-order valence-corrected chi connectivity index (χ4v) is 3.69. The zero-order chi connectivity index (χ0) is 16.7. The molecule has 1 aromatic carbocycles. The highest BCUT2D eigenvalue weighted by molar-refractivity contribution is 6.32. The van der Waals surface area contributed by atoms with Gasteiger partial charge in [0.2, 0.25) is 0 Å². The molecule has 1 spiro atoms. The monoisotopic (exact) mass is 338 g/mol. The normalized spacial score (nSPS) is 22.0. The van der Waals surface area contributed by atoms with E-state index in [1.54, 1.807) is 18.3 Å². The lowest BCUT2D eigenvalue weighted by molar-refractivity contribution is 0.525. The number of nitrogens with one attached hydrogen (secondary N) is 1. The topological polar surface area (TPSA) is 61.1 Å². The van der Waals surface area contributed by atoms with Crippen molar-refractivity contribution in [1.29, 1.82) is 5.26 Å². The molecule has 0 amide bonds. The first-order chi connectivity index (χ1) is 11.7. The first kappa shape index (κ1) is 14.9. The summed E-state index contributed by atoms with van der Waals surface area (Å²) in [6.45, 7) is 0. The lowest BCUT2D eigenvalue weighted by Gasteiger charge is -2.31. The van der Waals surface area contributed by atoms with Crippen molar-refractivity contribution in [3.8, 4) is 6.07 Å². The van der Waals surface area contributed by atoms with Gasteiger partial charge in [-0.05, 0) is 42.2 Å². The summed E-state index contributed by atoms with van der Waals surface area (Å²) in [7, 11) is 0. The van der Waals surface area contributed by atoms with Gasteiger partial charge in [0, 0.05) is 6.20 Å². The highest BCUT2D eigenvalue weighted by Gasteiger charge is 2.47. The Hall–Kier alpha value is -2.71. The van der Waals surface area contributed by atoms with Crippen LogP contribution in [0, 0.1) is 17.1 Å². The van der Waals surface area contributed by atoms with Crippen molar-refractivity contribution < 1.29 is 4.39 Å². The second-order valence-corrected chi connectivity index (χ2v) is 6.11. The number of nitrogens with zero attached hydrogens (tertiary/aromatic N) is 3. The van der Waals surface area contributed by atoms with Crippen LogP contribution in [0.5, 0.6) is 0 Å². The Labute approximate surface area is 143 Å². The molecule has 2 aromatic rings. The van der Waals surface area contributed by atoms with Gasteiger partial charge in [-0.15, -0.1) is 0 Å². The van der Waals surface area contributed by atoms with E-state index in [-0.39, 0.29) is 11.0 Å². The van der Waals surface area contributed by atoms with Crippen LogP contribution in [0.2, 0.25) is 0 Å². The third-order valence-electron chi connectivity index (χ3n) is 4.48. The minimum atomic E-state index is -0.957. The van der Waals surface area contributed by atoms with Gasteiger partial charge in [0.1, 0.15) is 28.3 Å². The first-order valence-corrected chi connectivity index (χ1v) is 7.90. The van der Waals surface area contributed by atoms with Crippen LogP contribution in [-0.2, 0) is 12.0 Å². The molecule has 0 saturated heterocycles. The molecule has 1 unspecified atom stereocenters. The number of nitriles is 1. The Bertz CT molecular complexity index is 930. The van der Waals surface area contributed by atoms with E-state index >= 15 is 0 Å². The molecular weight excluding hydrogens is 327 g/mol. The van der Waals surface area contributed by atoms with Crippen LogP contribution in [0.4, 0.5) is 4.39 Å². The van der Waals surface area contributed by atoms with E-state index in [1.165, 1.54) is 6.07 Å². The summed E-state index contributed by atoms with van der Waals surface area (Å²) in [5.74, 6) is 0.211. The van der Waals surface area contributed by atoms with Crippen molar-refractivity contribution >= 4 is 17.4 Å². The maximum Gasteiger partial charge on any atom is 0.153 e. The zero-order valence-corrected chi connectivity index (χ0v) is 13.3. The largest absolute Gasteiger partial charge is 0.328 e. The molecule has 4 rings (SSSR count). The Kier molecular flexibility index (Phi) is 3.36. The molecule has 24 heavy (non-hydrogen) atoms. The van der Waals surface area contributed by atoms with Crippen LogP contribution in [0.1, 0.15) is 23.2 Å². The second kappa shape index (κ2) is 5.43. The van der Waals surface area contributed by atoms with Crippen LogP contribution >= 0.6 is 11.6 Å². The van der Waals surface area contributed by atoms with E-state index in [0.29, 0.717) is 41.1 Å². The standard InChI is InChI=1S/C18H12ClFN4/c19-16-13(10-21)18(8-7-11-12(18)4-3-5-14(11)20)24-17(23-16)15-6-1-2-9-22-15/h1-6,9H,7-8H2,(H,23,24). The van der Waals surface area contributed by atoms with Gasteiger partial charge in [0.05, 0.1) is 5.57 Å². The first-order valence-electron chi connectivity index (χ1n) is 7.52. The van der Waals surface area contributed by atoms with E-state index in [0.717, 1.165) is 0 Å². The van der Waals surface area contributed by atoms with Crippen LogP contribution in [0.3, 0.4) is 0 Å². The molecule has 2 heterocycles. The molecule has 1 aromatic heterocycles. The highest BCUT2D eigenvalue weighted by Crippen LogP contribution is 2.48. The highest BCUT2D eigenvalue weighted by atomic mass is 35.5. The zero-order valence-electron chi connectivity index (χ0n) is 12.6. The summed E-state index contributed by atoms with van der Waals surface area (Å²) in [4.78, 5) is 9.06. The molecule has 1 N–H and O–H groups in total. The number of aromatic nitrogens is 1. The quantitative estimate of drug-likeness (QED) is 0.811. The Morgan fingerprint density at radius 3 is 2.88 bits per heavy atom. The van der Waals surface area contributed by atoms with Gasteiger partial charge in [0.25, 0.3) is 0 Å². The van der Waals surface area contributed by atoms with Crippen molar-refractivity contribution in [1.82, 2.24) is 10.3 Å². The molecule has 1 atom stereocenters. The van der Waals surface area contributed by atoms with Gasteiger partial charge in [-0.3, -0.25) is 4.98 Å². The molecular formula is C18H12ClFN4. The maximum atomic E-state index is 14.2. The molecule has 4 nitrogen and oxygen atoms in total. The molecule has 6 heteroatoms. The fourth-order valence-electron chi connectivity index (χ4n) is 3.41. The number of halogens is 2. The Balaban J connectivity index is 1.96. The summed E-state index contributed by atoms with van der Waals surface area (Å²) in [6, 6.07) is 12.5. The number of fused-ring (bicyclic) bond motifs is 2. The van der Waals surface area contributed by atoms with Crippen molar-refractivity contribution in [2.24, 2.45) is 4.99 Å². The lowest BCUT2D eigenvalue weighted by atomic mass is 9.84. The average Bonchev–Trinajstić information content (AvgIpc) is 2.96. The Morgan fingerprint density at radius 2 is 2.12 bits per heavy atom. The number of amidine groups is 1. The molecule has 1 aliphatic heterocycles. The smallest absolute Gasteiger partial charge is 0.153 e. The number of hydrogen-bond donors (Lipinski definition) is 1. The number of pyridine rings is 1. The fraction of sp³-hybridized carbons (Fsp3) is 0.167. The van der Waals surface area contributed by atoms with Crippen LogP contribution in [0.15, 0.2) is 58.3 Å². The number of benzene rings is 1. The second-order valence-electron chi connectivity index (χ2n) is 5.73. The van der Waals surface area contributed by atoms with E-state index in [2.05, 4.69) is 16.4 Å². The van der Waals surface area contributed by atoms with Crippen LogP contribution < -0.4 is 5.32 Å². The predicted octanol–water partition coefficient (Wildman–Crippen LogP) is 3.39. The summed E-state index contributed by atoms with van der Waals surface area (Å²) < 4.78 is 14.2. The molecule has 118 valence electrons. The Morgan fingerprint density at radius 1 is 1.25 bits per heavy atom. The summed E-state index contributed by atoms with van der Waals surface area (Å²) in [6.07, 6.45) is 2.67. The van der Waals surface area contributed by atoms with Gasteiger partial charge < -0.3 is 5.32 Å². The van der Waals surface area contributed by atoms with Crippen molar-refractivity contribution in [2.75, 3.05) is 0 Å². The SMILES string of the molecule is N#CC1=C(Cl)NC(c2ccccn2)=NC12CCc1c(F)cccc12. The third kappa shape index (κ3) is 2.04. The van der Waals surface area contributed by atoms with E-state index < -0.39 is 5.54 Å². The summed E-state index contributed by atoms with van der Waals surface area (Å²) in [5, 5.41) is 12.8. The summed E-state index contributed by atoms with van der Waals surface area (Å²) in [5.41, 5.74) is 1.28.